The molecule has 15 heteroatoms. The van der Waals surface area contributed by atoms with Crippen LogP contribution in [0.3, 0.4) is 0 Å². The predicted octanol–water partition coefficient (Wildman–Crippen LogP) is 10.3. The van der Waals surface area contributed by atoms with Crippen LogP contribution in [0.1, 0.15) is 199 Å². The lowest BCUT2D eigenvalue weighted by Crippen LogP contribution is -2.21. The fourth-order valence-corrected chi connectivity index (χ4v) is 10.8. The molecule has 13 nitrogen and oxygen atoms in total. The van der Waals surface area contributed by atoms with Crippen LogP contribution < -0.4 is 42.5 Å². The molecule has 0 aliphatic carbocycles. The molecular formula is C60H128N8O5S2. The van der Waals surface area contributed by atoms with Crippen molar-refractivity contribution >= 4 is 23.5 Å². The van der Waals surface area contributed by atoms with Gasteiger partial charge in [0.15, 0.2) is 0 Å². The summed E-state index contributed by atoms with van der Waals surface area (Å²) in [7, 11) is 0. The average molecular weight is 1110 g/mol. The number of hydrogen-bond donors (Lipinski definition) is 8. The van der Waals surface area contributed by atoms with Crippen molar-refractivity contribution in [3.63, 3.8) is 0 Å². The van der Waals surface area contributed by atoms with Gasteiger partial charge in [0.1, 0.15) is 6.79 Å². The molecule has 0 aromatic rings. The molecule has 13 rings (SSSR count). The van der Waals surface area contributed by atoms with Crippen molar-refractivity contribution in [3.8, 4) is 0 Å². The molecular weight excluding hydrogens is 977 g/mol. The molecule has 0 aromatic heterocycles. The Bertz CT molecular complexity index is 654. The van der Waals surface area contributed by atoms with E-state index < -0.39 is 0 Å². The number of nitrogens with one attached hydrogen (secondary N) is 8. The Hall–Kier alpha value is 0.180. The summed E-state index contributed by atoms with van der Waals surface area (Å²) in [6.07, 6.45) is 43.1. The Morgan fingerprint density at radius 3 is 0.600 bits per heavy atom. The van der Waals surface area contributed by atoms with E-state index in [4.69, 9.17) is 23.7 Å². The normalized spacial score (nSPS) is 24.0. The molecule has 450 valence electrons. The molecule has 0 saturated carbocycles. The third-order valence-electron chi connectivity index (χ3n) is 13.6. The summed E-state index contributed by atoms with van der Waals surface area (Å²) in [6, 6.07) is 0. The third-order valence-corrected chi connectivity index (χ3v) is 15.9. The van der Waals surface area contributed by atoms with Crippen LogP contribution in [0.4, 0.5) is 0 Å². The van der Waals surface area contributed by atoms with E-state index in [2.05, 4.69) is 66.1 Å². The quantitative estimate of drug-likeness (QED) is 0.117. The van der Waals surface area contributed by atoms with E-state index in [0.717, 1.165) is 65.9 Å². The van der Waals surface area contributed by atoms with Gasteiger partial charge in [-0.1, -0.05) is 44.9 Å². The van der Waals surface area contributed by atoms with Crippen molar-refractivity contribution in [1.29, 1.82) is 0 Å². The largest absolute Gasteiger partial charge is 0.381 e. The molecule has 13 fully saturated rings. The monoisotopic (exact) mass is 1100 g/mol. The van der Waals surface area contributed by atoms with Crippen molar-refractivity contribution in [1.82, 2.24) is 42.5 Å². The highest BCUT2D eigenvalue weighted by molar-refractivity contribution is 7.99. The molecule has 0 aromatic carbocycles. The van der Waals surface area contributed by atoms with Gasteiger partial charge >= 0.3 is 0 Å². The predicted molar refractivity (Wildman–Crippen MR) is 330 cm³/mol. The molecule has 13 aliphatic heterocycles. The fraction of sp³-hybridized carbons (Fsp3) is 1.00. The summed E-state index contributed by atoms with van der Waals surface area (Å²) in [6.45, 7) is 27.5. The van der Waals surface area contributed by atoms with Gasteiger partial charge in [-0.15, -0.1) is 0 Å². The van der Waals surface area contributed by atoms with E-state index in [1.54, 1.807) is 0 Å². The summed E-state index contributed by atoms with van der Waals surface area (Å²) < 4.78 is 24.6. The van der Waals surface area contributed by atoms with Gasteiger partial charge in [-0.2, -0.15) is 23.5 Å². The van der Waals surface area contributed by atoms with Crippen LogP contribution in [0.5, 0.6) is 0 Å². The number of rotatable bonds is 0. The zero-order chi connectivity index (χ0) is 53.0. The van der Waals surface area contributed by atoms with Crippen LogP contribution in [-0.2, 0) is 23.7 Å². The van der Waals surface area contributed by atoms with Gasteiger partial charge in [0.2, 0.25) is 0 Å². The Balaban J connectivity index is 0.000000407. The lowest BCUT2D eigenvalue weighted by molar-refractivity contribution is 0.0692. The number of piperidine rings is 4. The second-order valence-electron chi connectivity index (χ2n) is 21.0. The summed E-state index contributed by atoms with van der Waals surface area (Å²) in [4.78, 5) is 0. The molecule has 0 radical (unpaired) electrons. The van der Waals surface area contributed by atoms with Crippen molar-refractivity contribution in [2.75, 3.05) is 187 Å². The van der Waals surface area contributed by atoms with Gasteiger partial charge in [0.05, 0.1) is 19.8 Å². The maximum Gasteiger partial charge on any atom is 0.146 e. The van der Waals surface area contributed by atoms with Crippen LogP contribution in [0.25, 0.3) is 0 Å². The van der Waals surface area contributed by atoms with Crippen LogP contribution in [0, 0.1) is 0 Å². The van der Waals surface area contributed by atoms with Crippen molar-refractivity contribution in [2.24, 2.45) is 0 Å². The summed E-state index contributed by atoms with van der Waals surface area (Å²) in [5, 5.41) is 26.2. The van der Waals surface area contributed by atoms with Crippen LogP contribution >= 0.6 is 23.5 Å². The van der Waals surface area contributed by atoms with Crippen molar-refractivity contribution in [2.45, 2.75) is 199 Å². The average Bonchev–Trinajstić information content (AvgIpc) is 4.40. The van der Waals surface area contributed by atoms with Gasteiger partial charge in [0, 0.05) is 39.6 Å². The molecule has 13 heterocycles. The summed E-state index contributed by atoms with van der Waals surface area (Å²) >= 11 is 4.17. The van der Waals surface area contributed by atoms with E-state index in [9.17, 15) is 0 Å². The topological polar surface area (TPSA) is 142 Å². The Morgan fingerprint density at radius 1 is 0.160 bits per heavy atom. The second-order valence-corrected chi connectivity index (χ2v) is 23.4. The highest BCUT2D eigenvalue weighted by Crippen LogP contribution is 2.15. The number of ether oxygens (including phenoxy) is 5. The van der Waals surface area contributed by atoms with Gasteiger partial charge in [-0.3, -0.25) is 0 Å². The van der Waals surface area contributed by atoms with Gasteiger partial charge in [0.25, 0.3) is 0 Å². The number of thioether (sulfide) groups is 2. The summed E-state index contributed by atoms with van der Waals surface area (Å²) in [5.41, 5.74) is 0. The Morgan fingerprint density at radius 2 is 0.373 bits per heavy atom. The first-order valence-corrected chi connectivity index (χ1v) is 34.5. The molecule has 0 spiro atoms. The molecule has 75 heavy (non-hydrogen) atoms. The van der Waals surface area contributed by atoms with Crippen molar-refractivity contribution in [3.05, 3.63) is 0 Å². The standard InChI is InChI=1S/C6H13N.C5H11NO.4C5H11N.C5H10O.C5H10S.2C4H9N.C4H8O.C4H8S.C3H6O2/c1-2-4-6-7-5-3-1;1-2-6-3-5-7-4-1;6*1-2-4-6-5-3-1;4*1-2-4-5-3-1;1-2-5-3-4-1/h7H,1-6H2;6H,1-5H2;4*6H,1-5H2;2*1-5H2;2*5H,1-4H2;2*1-4H2;1-3H2. The molecule has 0 amide bonds. The van der Waals surface area contributed by atoms with Crippen LogP contribution in [-0.4, -0.2) is 187 Å². The first-order valence-electron chi connectivity index (χ1n) is 32.2. The lowest BCUT2D eigenvalue weighted by Gasteiger charge is -2.08. The van der Waals surface area contributed by atoms with E-state index in [0.29, 0.717) is 6.79 Å². The third kappa shape index (κ3) is 68.4. The van der Waals surface area contributed by atoms with Crippen LogP contribution in [0.2, 0.25) is 0 Å². The van der Waals surface area contributed by atoms with Gasteiger partial charge in [-0.05, 0) is 275 Å². The van der Waals surface area contributed by atoms with Gasteiger partial charge in [-0.25, -0.2) is 0 Å². The SMILES string of the molecule is C1CCCNCC1.C1CCNC1.C1CCNC1.C1CCNCC1.C1CCNCC1.C1CCNCC1.C1CCNCC1.C1CCOC1.C1CCOCC1.C1CCSC1.C1CCSCC1.C1CNCCOC1.C1COCO1. The molecule has 8 N–H and O–H groups in total. The lowest BCUT2D eigenvalue weighted by atomic mass is 10.2. The molecule has 13 aliphatic rings. The van der Waals surface area contributed by atoms with Crippen molar-refractivity contribution < 1.29 is 23.7 Å². The molecule has 0 atom stereocenters. The van der Waals surface area contributed by atoms with E-state index in [1.165, 1.54) is 314 Å². The Labute approximate surface area is 473 Å². The highest BCUT2D eigenvalue weighted by Gasteiger charge is 2.01. The van der Waals surface area contributed by atoms with Crippen LogP contribution in [0.15, 0.2) is 0 Å². The fourth-order valence-electron chi connectivity index (χ4n) is 8.80. The zero-order valence-electron chi connectivity index (χ0n) is 49.3. The molecule has 0 bridgehead atoms. The minimum Gasteiger partial charge on any atom is -0.381 e. The number of hydrogen-bond acceptors (Lipinski definition) is 15. The Kier molecular flexibility index (Phi) is 68.6. The maximum atomic E-state index is 5.13. The maximum absolute atomic E-state index is 5.13. The van der Waals surface area contributed by atoms with Gasteiger partial charge < -0.3 is 66.2 Å². The first-order chi connectivity index (χ1) is 37.5. The first kappa shape index (κ1) is 73.2. The second kappa shape index (κ2) is 70.3. The smallest absolute Gasteiger partial charge is 0.146 e. The van der Waals surface area contributed by atoms with E-state index in [-0.39, 0.29) is 0 Å². The zero-order valence-corrected chi connectivity index (χ0v) is 50.9. The molecule has 0 unspecified atom stereocenters. The highest BCUT2D eigenvalue weighted by atomic mass is 32.2. The molecule has 13 saturated heterocycles. The van der Waals surface area contributed by atoms with E-state index in [1.807, 2.05) is 0 Å². The minimum absolute atomic E-state index is 0.500. The minimum atomic E-state index is 0.500. The summed E-state index contributed by atoms with van der Waals surface area (Å²) in [5.74, 6) is 5.67. The van der Waals surface area contributed by atoms with E-state index >= 15 is 0 Å².